The highest BCUT2D eigenvalue weighted by molar-refractivity contribution is 6.17. The second-order valence-corrected chi connectivity index (χ2v) is 3.54. The first-order chi connectivity index (χ1) is 8.15. The molecule has 0 radical (unpaired) electrons. The van der Waals surface area contributed by atoms with Gasteiger partial charge >= 0.3 is 0 Å². The van der Waals surface area contributed by atoms with Crippen molar-refractivity contribution in [3.63, 3.8) is 0 Å². The van der Waals surface area contributed by atoms with Crippen LogP contribution in [0.2, 0.25) is 0 Å². The zero-order valence-corrected chi connectivity index (χ0v) is 10.5. The van der Waals surface area contributed by atoms with Gasteiger partial charge < -0.3 is 9.53 Å². The van der Waals surface area contributed by atoms with Crippen molar-refractivity contribution in [2.24, 2.45) is 0 Å². The van der Waals surface area contributed by atoms with E-state index in [1.165, 1.54) is 12.2 Å². The molecule has 0 saturated heterocycles. The standard InChI is InChI=1S/C11H16ClNO4/c1-2-10(13(15)16)4-5-11(6-8-14)17-9-3-7-12/h4-5,8H,2-3,6-7,9H2,1H3/b10-4+,11-5+. The van der Waals surface area contributed by atoms with Crippen LogP contribution in [0, 0.1) is 10.1 Å². The van der Waals surface area contributed by atoms with Gasteiger partial charge in [-0.3, -0.25) is 10.1 Å². The van der Waals surface area contributed by atoms with Gasteiger partial charge in [-0.15, -0.1) is 11.6 Å². The molecule has 0 aliphatic carbocycles. The summed E-state index contributed by atoms with van der Waals surface area (Å²) in [6.45, 7) is 2.09. The number of halogens is 1. The summed E-state index contributed by atoms with van der Waals surface area (Å²) in [6, 6.07) is 0. The molecule has 5 nitrogen and oxygen atoms in total. The van der Waals surface area contributed by atoms with Crippen molar-refractivity contribution >= 4 is 17.9 Å². The molecule has 96 valence electrons. The highest BCUT2D eigenvalue weighted by Crippen LogP contribution is 2.07. The van der Waals surface area contributed by atoms with Crippen LogP contribution in [0.3, 0.4) is 0 Å². The van der Waals surface area contributed by atoms with E-state index in [0.717, 1.165) is 0 Å². The smallest absolute Gasteiger partial charge is 0.246 e. The van der Waals surface area contributed by atoms with Crippen LogP contribution in [0.4, 0.5) is 0 Å². The first-order valence-electron chi connectivity index (χ1n) is 5.32. The Hall–Kier alpha value is -1.36. The van der Waals surface area contributed by atoms with Crippen LogP contribution in [0.1, 0.15) is 26.2 Å². The molecule has 0 unspecified atom stereocenters. The van der Waals surface area contributed by atoms with Crippen LogP contribution >= 0.6 is 11.6 Å². The number of allylic oxidation sites excluding steroid dienone is 4. The zero-order valence-electron chi connectivity index (χ0n) is 9.73. The van der Waals surface area contributed by atoms with Crippen LogP contribution < -0.4 is 0 Å². The van der Waals surface area contributed by atoms with Gasteiger partial charge in [0, 0.05) is 18.4 Å². The maximum atomic E-state index is 10.5. The Balaban J connectivity index is 4.55. The fourth-order valence-corrected chi connectivity index (χ4v) is 1.12. The monoisotopic (exact) mass is 261 g/mol. The molecule has 6 heteroatoms. The summed E-state index contributed by atoms with van der Waals surface area (Å²) in [6.07, 6.45) is 4.60. The van der Waals surface area contributed by atoms with Crippen LogP contribution in [0.5, 0.6) is 0 Å². The molecule has 0 saturated carbocycles. The van der Waals surface area contributed by atoms with Crippen LogP contribution in [0.15, 0.2) is 23.6 Å². The molecule has 0 amide bonds. The quantitative estimate of drug-likeness (QED) is 0.122. The minimum absolute atomic E-state index is 0.0781. The molecule has 0 rings (SSSR count). The Morgan fingerprint density at radius 2 is 2.18 bits per heavy atom. The summed E-state index contributed by atoms with van der Waals surface area (Å²) in [5.74, 6) is 0.886. The van der Waals surface area contributed by atoms with Gasteiger partial charge in [0.15, 0.2) is 0 Å². The number of rotatable bonds is 9. The summed E-state index contributed by atoms with van der Waals surface area (Å²) in [7, 11) is 0. The van der Waals surface area contributed by atoms with Crippen molar-refractivity contribution in [1.82, 2.24) is 0 Å². The fraction of sp³-hybridized carbons (Fsp3) is 0.545. The number of nitro groups is 1. The molecule has 0 spiro atoms. The largest absolute Gasteiger partial charge is 0.497 e. The molecule has 0 aromatic carbocycles. The molecule has 0 aromatic heterocycles. The lowest BCUT2D eigenvalue weighted by Crippen LogP contribution is -1.99. The molecule has 0 aromatic rings. The summed E-state index contributed by atoms with van der Waals surface area (Å²) in [5.41, 5.74) is 0.0781. The lowest BCUT2D eigenvalue weighted by Gasteiger charge is -2.05. The van der Waals surface area contributed by atoms with Gasteiger partial charge in [-0.2, -0.15) is 0 Å². The van der Waals surface area contributed by atoms with E-state index >= 15 is 0 Å². The summed E-state index contributed by atoms with van der Waals surface area (Å²) >= 11 is 5.48. The van der Waals surface area contributed by atoms with E-state index < -0.39 is 4.92 Å². The van der Waals surface area contributed by atoms with Crippen LogP contribution in [-0.2, 0) is 9.53 Å². The number of carbonyl (C=O) groups is 1. The Morgan fingerprint density at radius 1 is 1.47 bits per heavy atom. The van der Waals surface area contributed by atoms with Crippen LogP contribution in [-0.4, -0.2) is 23.7 Å². The van der Waals surface area contributed by atoms with E-state index in [4.69, 9.17) is 16.3 Å². The van der Waals surface area contributed by atoms with Crippen molar-refractivity contribution in [3.05, 3.63) is 33.7 Å². The zero-order chi connectivity index (χ0) is 13.1. The number of hydrogen-bond acceptors (Lipinski definition) is 4. The Kier molecular flexibility index (Phi) is 9.05. The molecule has 0 bridgehead atoms. The van der Waals surface area contributed by atoms with Gasteiger partial charge in [0.1, 0.15) is 12.0 Å². The van der Waals surface area contributed by atoms with Gasteiger partial charge in [0.05, 0.1) is 18.0 Å². The van der Waals surface area contributed by atoms with E-state index in [-0.39, 0.29) is 12.1 Å². The molecule has 0 N–H and O–H groups in total. The number of alkyl halides is 1. The van der Waals surface area contributed by atoms with Crippen LogP contribution in [0.25, 0.3) is 0 Å². The van der Waals surface area contributed by atoms with Crippen molar-refractivity contribution in [3.8, 4) is 0 Å². The highest BCUT2D eigenvalue weighted by Gasteiger charge is 2.05. The maximum Gasteiger partial charge on any atom is 0.246 e. The molecule has 0 aliphatic rings. The molecular formula is C11H16ClNO4. The third-order valence-corrected chi connectivity index (χ3v) is 2.18. The minimum atomic E-state index is -0.451. The maximum absolute atomic E-state index is 10.5. The lowest BCUT2D eigenvalue weighted by atomic mass is 10.3. The third-order valence-electron chi connectivity index (χ3n) is 1.91. The Labute approximate surface area is 105 Å². The van der Waals surface area contributed by atoms with E-state index in [1.54, 1.807) is 6.92 Å². The first-order valence-corrected chi connectivity index (χ1v) is 5.85. The van der Waals surface area contributed by atoms with E-state index in [9.17, 15) is 14.9 Å². The highest BCUT2D eigenvalue weighted by atomic mass is 35.5. The molecule has 0 atom stereocenters. The van der Waals surface area contributed by atoms with Crippen molar-refractivity contribution in [2.75, 3.05) is 12.5 Å². The summed E-state index contributed by atoms with van der Waals surface area (Å²) in [4.78, 5) is 20.5. The summed E-state index contributed by atoms with van der Waals surface area (Å²) < 4.78 is 5.28. The summed E-state index contributed by atoms with van der Waals surface area (Å²) in [5, 5.41) is 10.5. The number of hydrogen-bond donors (Lipinski definition) is 0. The molecule has 0 fully saturated rings. The van der Waals surface area contributed by atoms with Crippen molar-refractivity contribution in [1.29, 1.82) is 0 Å². The van der Waals surface area contributed by atoms with E-state index in [0.29, 0.717) is 37.4 Å². The van der Waals surface area contributed by atoms with Gasteiger partial charge in [-0.1, -0.05) is 6.92 Å². The predicted molar refractivity (Wildman–Crippen MR) is 65.4 cm³/mol. The molecule has 17 heavy (non-hydrogen) atoms. The van der Waals surface area contributed by atoms with E-state index in [2.05, 4.69) is 0 Å². The second-order valence-electron chi connectivity index (χ2n) is 3.16. The van der Waals surface area contributed by atoms with Crippen molar-refractivity contribution in [2.45, 2.75) is 26.2 Å². The number of nitrogens with zero attached hydrogens (tertiary/aromatic N) is 1. The van der Waals surface area contributed by atoms with Gasteiger partial charge in [-0.25, -0.2) is 0 Å². The minimum Gasteiger partial charge on any atom is -0.497 e. The third kappa shape index (κ3) is 7.52. The predicted octanol–water partition coefficient (Wildman–Crippen LogP) is 2.68. The average molecular weight is 262 g/mol. The molecule has 0 heterocycles. The normalized spacial score (nSPS) is 12.4. The SMILES string of the molecule is CC/C(=C\C=C(/CC=O)OCCCCl)[N+](=O)[O-]. The van der Waals surface area contributed by atoms with Gasteiger partial charge in [0.2, 0.25) is 5.70 Å². The molecule has 0 aliphatic heterocycles. The lowest BCUT2D eigenvalue weighted by molar-refractivity contribution is -0.427. The van der Waals surface area contributed by atoms with Crippen molar-refractivity contribution < 1.29 is 14.5 Å². The van der Waals surface area contributed by atoms with E-state index in [1.807, 2.05) is 0 Å². The fourth-order valence-electron chi connectivity index (χ4n) is 1.01. The average Bonchev–Trinajstić information content (AvgIpc) is 2.29. The van der Waals surface area contributed by atoms with Gasteiger partial charge in [0.25, 0.3) is 0 Å². The Morgan fingerprint density at radius 3 is 2.65 bits per heavy atom. The topological polar surface area (TPSA) is 69.4 Å². The second kappa shape index (κ2) is 9.84. The molecular weight excluding hydrogens is 246 g/mol. The number of carbonyl (C=O) groups excluding carboxylic acids is 1. The first kappa shape index (κ1) is 15.6. The number of aldehydes is 1. The van der Waals surface area contributed by atoms with Gasteiger partial charge in [-0.05, 0) is 12.5 Å². The Bertz CT molecular complexity index is 313. The number of ether oxygens (including phenoxy) is 1.